The lowest BCUT2D eigenvalue weighted by atomic mass is 10.1. The van der Waals surface area contributed by atoms with Crippen molar-refractivity contribution in [1.29, 1.82) is 0 Å². The van der Waals surface area contributed by atoms with E-state index < -0.39 is 0 Å². The van der Waals surface area contributed by atoms with E-state index in [1.54, 1.807) is 0 Å². The van der Waals surface area contributed by atoms with Crippen LogP contribution in [0.5, 0.6) is 0 Å². The Morgan fingerprint density at radius 2 is 1.54 bits per heavy atom. The third-order valence-electron chi connectivity index (χ3n) is 3.82. The highest BCUT2D eigenvalue weighted by atomic mass is 16.5. The van der Waals surface area contributed by atoms with E-state index in [-0.39, 0.29) is 6.09 Å². The molecule has 0 saturated carbocycles. The molecule has 1 N–H and O–H groups in total. The van der Waals surface area contributed by atoms with E-state index >= 15 is 0 Å². The number of alkyl carbamates (subject to hydrolysis) is 1. The molecule has 3 nitrogen and oxygen atoms in total. The third-order valence-corrected chi connectivity index (χ3v) is 3.82. The van der Waals surface area contributed by atoms with Crippen molar-refractivity contribution in [2.75, 3.05) is 13.2 Å². The van der Waals surface area contributed by atoms with Crippen LogP contribution in [0, 0.1) is 0 Å². The molecule has 0 aromatic carbocycles. The zero-order chi connectivity index (χ0) is 18.2. The van der Waals surface area contributed by atoms with Crippen LogP contribution in [0.3, 0.4) is 0 Å². The first-order valence-corrected chi connectivity index (χ1v) is 9.31. The van der Waals surface area contributed by atoms with E-state index in [0.29, 0.717) is 13.2 Å². The van der Waals surface area contributed by atoms with Crippen LogP contribution >= 0.6 is 0 Å². The minimum atomic E-state index is -0.315. The second kappa shape index (κ2) is 15.0. The van der Waals surface area contributed by atoms with Gasteiger partial charge in [-0.2, -0.15) is 0 Å². The molecule has 0 aromatic rings. The molecule has 0 saturated heterocycles. The first-order valence-electron chi connectivity index (χ1n) is 9.31. The SMILES string of the molecule is CCCCCNC(=O)OCC=C(C)CCC=C(C)CCC=C(C)C. The summed E-state index contributed by atoms with van der Waals surface area (Å²) in [6, 6.07) is 0. The Kier molecular flexibility index (Phi) is 14.1. The molecule has 0 rings (SSSR count). The molecule has 3 heteroatoms. The number of carbonyl (C=O) groups excluding carboxylic acids is 1. The summed E-state index contributed by atoms with van der Waals surface area (Å²) in [6.45, 7) is 11.8. The zero-order valence-corrected chi connectivity index (χ0v) is 16.4. The first kappa shape index (κ1) is 22.5. The smallest absolute Gasteiger partial charge is 0.407 e. The van der Waals surface area contributed by atoms with Crippen LogP contribution in [0.15, 0.2) is 34.9 Å². The van der Waals surface area contributed by atoms with Gasteiger partial charge in [0.25, 0.3) is 0 Å². The maximum atomic E-state index is 11.5. The van der Waals surface area contributed by atoms with Gasteiger partial charge in [0.15, 0.2) is 0 Å². The number of carbonyl (C=O) groups is 1. The number of rotatable bonds is 12. The molecule has 0 aliphatic carbocycles. The predicted octanol–water partition coefficient (Wildman–Crippen LogP) is 6.32. The van der Waals surface area contributed by atoms with Crippen LogP contribution in [-0.2, 0) is 4.74 Å². The van der Waals surface area contributed by atoms with Gasteiger partial charge in [-0.25, -0.2) is 4.79 Å². The highest BCUT2D eigenvalue weighted by molar-refractivity contribution is 5.67. The fourth-order valence-electron chi connectivity index (χ4n) is 2.21. The van der Waals surface area contributed by atoms with Gasteiger partial charge in [0.05, 0.1) is 0 Å². The van der Waals surface area contributed by atoms with E-state index in [0.717, 1.165) is 44.9 Å². The van der Waals surface area contributed by atoms with E-state index in [9.17, 15) is 4.79 Å². The lowest BCUT2D eigenvalue weighted by Crippen LogP contribution is -2.25. The number of hydrogen-bond acceptors (Lipinski definition) is 2. The van der Waals surface area contributed by atoms with Crippen molar-refractivity contribution in [3.05, 3.63) is 34.9 Å². The van der Waals surface area contributed by atoms with Crippen molar-refractivity contribution in [3.8, 4) is 0 Å². The summed E-state index contributed by atoms with van der Waals surface area (Å²) in [5.74, 6) is 0. The molecular weight excluding hydrogens is 298 g/mol. The summed E-state index contributed by atoms with van der Waals surface area (Å²) in [5, 5.41) is 2.77. The standard InChI is InChI=1S/C21H37NO2/c1-6-7-8-16-22-21(23)24-17-15-20(5)14-10-13-19(4)12-9-11-18(2)3/h11,13,15H,6-10,12,14,16-17H2,1-5H3,(H,22,23). The summed E-state index contributed by atoms with van der Waals surface area (Å²) >= 11 is 0. The van der Waals surface area contributed by atoms with Crippen molar-refractivity contribution in [2.24, 2.45) is 0 Å². The van der Waals surface area contributed by atoms with Crippen LogP contribution in [0.1, 0.15) is 79.6 Å². The molecule has 24 heavy (non-hydrogen) atoms. The van der Waals surface area contributed by atoms with Crippen LogP contribution in [0.2, 0.25) is 0 Å². The lowest BCUT2D eigenvalue weighted by molar-refractivity contribution is 0.158. The van der Waals surface area contributed by atoms with Gasteiger partial charge >= 0.3 is 6.09 Å². The highest BCUT2D eigenvalue weighted by Gasteiger charge is 1.99. The van der Waals surface area contributed by atoms with Crippen molar-refractivity contribution in [3.63, 3.8) is 0 Å². The van der Waals surface area contributed by atoms with Gasteiger partial charge in [-0.3, -0.25) is 0 Å². The second-order valence-corrected chi connectivity index (χ2v) is 6.69. The fraction of sp³-hybridized carbons (Fsp3) is 0.667. The molecule has 0 aliphatic rings. The maximum Gasteiger partial charge on any atom is 0.407 e. The molecule has 0 heterocycles. The van der Waals surface area contributed by atoms with E-state index in [1.165, 1.54) is 16.7 Å². The molecule has 0 aromatic heterocycles. The molecule has 0 fully saturated rings. The number of amides is 1. The molecule has 0 atom stereocenters. The van der Waals surface area contributed by atoms with Crippen molar-refractivity contribution in [1.82, 2.24) is 5.32 Å². The average molecular weight is 336 g/mol. The summed E-state index contributed by atoms with van der Waals surface area (Å²) < 4.78 is 5.15. The van der Waals surface area contributed by atoms with Gasteiger partial charge in [-0.1, -0.05) is 48.6 Å². The number of ether oxygens (including phenoxy) is 1. The third kappa shape index (κ3) is 15.4. The van der Waals surface area contributed by atoms with E-state index in [2.05, 4.69) is 52.1 Å². The Morgan fingerprint density at radius 3 is 2.17 bits per heavy atom. The largest absolute Gasteiger partial charge is 0.445 e. The summed E-state index contributed by atoms with van der Waals surface area (Å²) in [4.78, 5) is 11.5. The molecule has 0 spiro atoms. The van der Waals surface area contributed by atoms with Gasteiger partial charge in [-0.15, -0.1) is 0 Å². The lowest BCUT2D eigenvalue weighted by Gasteiger charge is -2.05. The average Bonchev–Trinajstić information content (AvgIpc) is 2.51. The summed E-state index contributed by atoms with van der Waals surface area (Å²) in [5.41, 5.74) is 4.10. The van der Waals surface area contributed by atoms with Crippen LogP contribution < -0.4 is 5.32 Å². The Bertz CT molecular complexity index is 429. The minimum absolute atomic E-state index is 0.315. The van der Waals surface area contributed by atoms with E-state index in [4.69, 9.17) is 4.74 Å². The summed E-state index contributed by atoms with van der Waals surface area (Å²) in [6.07, 6.45) is 13.9. The number of allylic oxidation sites excluding steroid dienone is 5. The van der Waals surface area contributed by atoms with Gasteiger partial charge < -0.3 is 10.1 Å². The monoisotopic (exact) mass is 335 g/mol. The maximum absolute atomic E-state index is 11.5. The predicted molar refractivity (Wildman–Crippen MR) is 104 cm³/mol. The first-order chi connectivity index (χ1) is 11.5. The van der Waals surface area contributed by atoms with Crippen molar-refractivity contribution >= 4 is 6.09 Å². The van der Waals surface area contributed by atoms with Crippen molar-refractivity contribution in [2.45, 2.75) is 79.6 Å². The number of unbranched alkanes of at least 4 members (excludes halogenated alkanes) is 2. The molecule has 0 radical (unpaired) electrons. The van der Waals surface area contributed by atoms with Crippen molar-refractivity contribution < 1.29 is 9.53 Å². The van der Waals surface area contributed by atoms with E-state index in [1.807, 2.05) is 6.08 Å². The van der Waals surface area contributed by atoms with Gasteiger partial charge in [0, 0.05) is 6.54 Å². The Hall–Kier alpha value is -1.51. The Balaban J connectivity index is 3.82. The topological polar surface area (TPSA) is 38.3 Å². The molecular formula is C21H37NO2. The van der Waals surface area contributed by atoms with Gasteiger partial charge in [0.2, 0.25) is 0 Å². The van der Waals surface area contributed by atoms with Crippen LogP contribution in [0.4, 0.5) is 4.79 Å². The number of hydrogen-bond donors (Lipinski definition) is 1. The van der Waals surface area contributed by atoms with Crippen LogP contribution in [-0.4, -0.2) is 19.2 Å². The number of nitrogens with one attached hydrogen (secondary N) is 1. The highest BCUT2D eigenvalue weighted by Crippen LogP contribution is 2.11. The molecule has 0 unspecified atom stereocenters. The van der Waals surface area contributed by atoms with Crippen LogP contribution in [0.25, 0.3) is 0 Å². The summed E-state index contributed by atoms with van der Waals surface area (Å²) in [7, 11) is 0. The fourth-order valence-corrected chi connectivity index (χ4v) is 2.21. The molecule has 0 bridgehead atoms. The van der Waals surface area contributed by atoms with Gasteiger partial charge in [-0.05, 0) is 65.9 Å². The normalized spacial score (nSPS) is 12.0. The molecule has 138 valence electrons. The Labute approximate surface area is 149 Å². The van der Waals surface area contributed by atoms with Gasteiger partial charge in [0.1, 0.15) is 6.61 Å². The zero-order valence-electron chi connectivity index (χ0n) is 16.4. The minimum Gasteiger partial charge on any atom is -0.445 e. The molecule has 0 aliphatic heterocycles. The Morgan fingerprint density at radius 1 is 0.917 bits per heavy atom. The molecule has 1 amide bonds. The quantitative estimate of drug-likeness (QED) is 0.334. The second-order valence-electron chi connectivity index (χ2n) is 6.69.